The van der Waals surface area contributed by atoms with Crippen molar-refractivity contribution in [3.63, 3.8) is 0 Å². The van der Waals surface area contributed by atoms with Gasteiger partial charge in [0, 0.05) is 5.41 Å². The summed E-state index contributed by atoms with van der Waals surface area (Å²) in [4.78, 5) is 11.4. The summed E-state index contributed by atoms with van der Waals surface area (Å²) in [5.74, 6) is 0.266. The van der Waals surface area contributed by atoms with E-state index < -0.39 is 17.5 Å². The highest BCUT2D eigenvalue weighted by Gasteiger charge is 2.48. The standard InChI is InChI=1S/C17H24O5/c1-10(2)17(9-16(19)20)12-8-14(22-4)13(21-3)7-11(12)5-6-15(17)18/h7-8,10,15,18H,5-6,9H2,1-4H3,(H,19,20)/t15-,17+/m0/s1. The summed E-state index contributed by atoms with van der Waals surface area (Å²) < 4.78 is 10.7. The molecular weight excluding hydrogens is 284 g/mol. The summed E-state index contributed by atoms with van der Waals surface area (Å²) in [6.07, 6.45) is 0.460. The zero-order chi connectivity index (χ0) is 16.5. The minimum absolute atomic E-state index is 0.0178. The van der Waals surface area contributed by atoms with Gasteiger partial charge < -0.3 is 19.7 Å². The van der Waals surface area contributed by atoms with Crippen LogP contribution < -0.4 is 9.47 Å². The van der Waals surface area contributed by atoms with Crippen LogP contribution in [-0.4, -0.2) is 36.5 Å². The number of carboxylic acids is 1. The molecular formula is C17H24O5. The van der Waals surface area contributed by atoms with E-state index in [1.165, 1.54) is 0 Å². The summed E-state index contributed by atoms with van der Waals surface area (Å²) in [7, 11) is 3.13. The third-order valence-corrected chi connectivity index (χ3v) is 4.87. The number of aliphatic hydroxyl groups is 1. The molecule has 5 heteroatoms. The van der Waals surface area contributed by atoms with Gasteiger partial charge in [0.2, 0.25) is 0 Å². The van der Waals surface area contributed by atoms with Crippen molar-refractivity contribution < 1.29 is 24.5 Å². The lowest BCUT2D eigenvalue weighted by Gasteiger charge is -2.45. The number of fused-ring (bicyclic) bond motifs is 1. The van der Waals surface area contributed by atoms with E-state index in [1.54, 1.807) is 14.2 Å². The second kappa shape index (κ2) is 6.16. The molecule has 5 nitrogen and oxygen atoms in total. The van der Waals surface area contributed by atoms with Crippen LogP contribution in [0.4, 0.5) is 0 Å². The summed E-state index contributed by atoms with van der Waals surface area (Å²) in [5.41, 5.74) is 1.08. The molecule has 122 valence electrons. The van der Waals surface area contributed by atoms with Gasteiger partial charge in [-0.05, 0) is 42.0 Å². The van der Waals surface area contributed by atoms with Crippen LogP contribution in [-0.2, 0) is 16.6 Å². The summed E-state index contributed by atoms with van der Waals surface area (Å²) in [5, 5.41) is 20.0. The lowest BCUT2D eigenvalue weighted by atomic mass is 9.60. The minimum Gasteiger partial charge on any atom is -0.493 e. The van der Waals surface area contributed by atoms with Gasteiger partial charge in [-0.3, -0.25) is 4.79 Å². The van der Waals surface area contributed by atoms with Gasteiger partial charge >= 0.3 is 5.97 Å². The van der Waals surface area contributed by atoms with Gasteiger partial charge in [0.1, 0.15) is 0 Å². The van der Waals surface area contributed by atoms with E-state index in [0.717, 1.165) is 11.1 Å². The molecule has 0 aliphatic heterocycles. The van der Waals surface area contributed by atoms with E-state index in [2.05, 4.69) is 0 Å². The molecule has 0 saturated carbocycles. The molecule has 2 rings (SSSR count). The number of methoxy groups -OCH3 is 2. The van der Waals surface area contributed by atoms with E-state index in [1.807, 2.05) is 26.0 Å². The van der Waals surface area contributed by atoms with E-state index in [9.17, 15) is 15.0 Å². The van der Waals surface area contributed by atoms with Crippen LogP contribution in [0.2, 0.25) is 0 Å². The monoisotopic (exact) mass is 308 g/mol. The Bertz CT molecular complexity index is 566. The second-order valence-corrected chi connectivity index (χ2v) is 6.18. The molecule has 0 unspecified atom stereocenters. The van der Waals surface area contributed by atoms with E-state index in [0.29, 0.717) is 24.3 Å². The van der Waals surface area contributed by atoms with Crippen molar-refractivity contribution in [3.05, 3.63) is 23.3 Å². The van der Waals surface area contributed by atoms with Crippen molar-refractivity contribution in [3.8, 4) is 11.5 Å². The Morgan fingerprint density at radius 1 is 1.32 bits per heavy atom. The molecule has 0 bridgehead atoms. The Kier molecular flexibility index (Phi) is 4.66. The average molecular weight is 308 g/mol. The molecule has 0 aromatic heterocycles. The van der Waals surface area contributed by atoms with Crippen LogP contribution >= 0.6 is 0 Å². The van der Waals surface area contributed by atoms with Crippen molar-refractivity contribution in [2.45, 2.75) is 44.6 Å². The molecule has 22 heavy (non-hydrogen) atoms. The number of aliphatic hydroxyl groups excluding tert-OH is 1. The van der Waals surface area contributed by atoms with E-state index >= 15 is 0 Å². The highest BCUT2D eigenvalue weighted by Crippen LogP contribution is 2.48. The number of hydrogen-bond donors (Lipinski definition) is 2. The van der Waals surface area contributed by atoms with Crippen LogP contribution in [0.5, 0.6) is 11.5 Å². The lowest BCUT2D eigenvalue weighted by Crippen LogP contribution is -2.49. The molecule has 1 aromatic carbocycles. The van der Waals surface area contributed by atoms with Crippen molar-refractivity contribution >= 4 is 5.97 Å². The number of aliphatic carboxylic acids is 1. The van der Waals surface area contributed by atoms with Crippen LogP contribution in [0.1, 0.15) is 37.8 Å². The fourth-order valence-electron chi connectivity index (χ4n) is 3.65. The predicted molar refractivity (Wildman–Crippen MR) is 82.6 cm³/mol. The molecule has 1 aliphatic rings. The first-order valence-electron chi connectivity index (χ1n) is 7.52. The first-order chi connectivity index (χ1) is 10.4. The number of ether oxygens (including phenoxy) is 2. The maximum Gasteiger partial charge on any atom is 0.304 e. The van der Waals surface area contributed by atoms with Crippen molar-refractivity contribution in [2.75, 3.05) is 14.2 Å². The number of rotatable bonds is 5. The Morgan fingerprint density at radius 3 is 2.41 bits per heavy atom. The van der Waals surface area contributed by atoms with Crippen molar-refractivity contribution in [1.82, 2.24) is 0 Å². The molecule has 0 radical (unpaired) electrons. The quantitative estimate of drug-likeness (QED) is 0.873. The Labute approximate surface area is 130 Å². The molecule has 1 aromatic rings. The summed E-state index contributed by atoms with van der Waals surface area (Å²) >= 11 is 0. The van der Waals surface area contributed by atoms with Gasteiger partial charge in [0.05, 0.1) is 26.7 Å². The summed E-state index contributed by atoms with van der Waals surface area (Å²) in [6.45, 7) is 3.91. The summed E-state index contributed by atoms with van der Waals surface area (Å²) in [6, 6.07) is 3.73. The first kappa shape index (κ1) is 16.6. The maximum atomic E-state index is 11.4. The number of carbonyl (C=O) groups is 1. The fourth-order valence-corrected chi connectivity index (χ4v) is 3.65. The van der Waals surface area contributed by atoms with Crippen molar-refractivity contribution in [2.24, 2.45) is 5.92 Å². The molecule has 0 fully saturated rings. The Hall–Kier alpha value is -1.75. The molecule has 2 N–H and O–H groups in total. The third-order valence-electron chi connectivity index (χ3n) is 4.87. The lowest BCUT2D eigenvalue weighted by molar-refractivity contribution is -0.141. The van der Waals surface area contributed by atoms with Gasteiger partial charge in [0.25, 0.3) is 0 Å². The molecule has 1 aliphatic carbocycles. The van der Waals surface area contributed by atoms with Gasteiger partial charge in [-0.25, -0.2) is 0 Å². The van der Waals surface area contributed by atoms with E-state index in [-0.39, 0.29) is 12.3 Å². The Morgan fingerprint density at radius 2 is 1.91 bits per heavy atom. The van der Waals surface area contributed by atoms with Crippen LogP contribution in [0.3, 0.4) is 0 Å². The highest BCUT2D eigenvalue weighted by atomic mass is 16.5. The van der Waals surface area contributed by atoms with E-state index in [4.69, 9.17) is 9.47 Å². The zero-order valence-electron chi connectivity index (χ0n) is 13.5. The molecule has 0 heterocycles. The van der Waals surface area contributed by atoms with Crippen molar-refractivity contribution in [1.29, 1.82) is 0 Å². The number of benzene rings is 1. The molecule has 0 spiro atoms. The van der Waals surface area contributed by atoms with Gasteiger partial charge in [-0.1, -0.05) is 13.8 Å². The van der Waals surface area contributed by atoms with Gasteiger partial charge in [0.15, 0.2) is 11.5 Å². The predicted octanol–water partition coefficient (Wildman–Crippen LogP) is 2.38. The number of hydrogen-bond acceptors (Lipinski definition) is 4. The van der Waals surface area contributed by atoms with Crippen LogP contribution in [0.15, 0.2) is 12.1 Å². The zero-order valence-corrected chi connectivity index (χ0v) is 13.5. The van der Waals surface area contributed by atoms with Crippen LogP contribution in [0.25, 0.3) is 0 Å². The molecule has 0 saturated heterocycles. The first-order valence-corrected chi connectivity index (χ1v) is 7.52. The SMILES string of the molecule is COc1cc2c(cc1OC)[C@@](CC(=O)O)(C(C)C)[C@@H](O)CC2. The average Bonchev–Trinajstić information content (AvgIpc) is 2.48. The smallest absolute Gasteiger partial charge is 0.304 e. The fraction of sp³-hybridized carbons (Fsp3) is 0.588. The van der Waals surface area contributed by atoms with Crippen LogP contribution in [0, 0.1) is 5.92 Å². The largest absolute Gasteiger partial charge is 0.493 e. The normalized spacial score (nSPS) is 24.0. The van der Waals surface area contributed by atoms with Gasteiger partial charge in [-0.15, -0.1) is 0 Å². The minimum atomic E-state index is -0.907. The molecule has 0 amide bonds. The maximum absolute atomic E-state index is 11.4. The Balaban J connectivity index is 2.69. The topological polar surface area (TPSA) is 76.0 Å². The molecule has 2 atom stereocenters. The number of carboxylic acid groups (broad SMARTS) is 1. The second-order valence-electron chi connectivity index (χ2n) is 6.18. The third kappa shape index (κ3) is 2.54. The highest BCUT2D eigenvalue weighted by molar-refractivity contribution is 5.70. The van der Waals surface area contributed by atoms with Gasteiger partial charge in [-0.2, -0.15) is 0 Å². The number of aryl methyl sites for hydroxylation is 1.